The van der Waals surface area contributed by atoms with Crippen LogP contribution in [0.25, 0.3) is 93.6 Å². The molecule has 12 aromatic rings. The van der Waals surface area contributed by atoms with Crippen molar-refractivity contribution in [2.45, 2.75) is 38.0 Å². The number of anilines is 3. The molecule has 10 aromatic carbocycles. The van der Waals surface area contributed by atoms with Gasteiger partial charge in [0.15, 0.2) is 0 Å². The van der Waals surface area contributed by atoms with E-state index in [0.29, 0.717) is 5.92 Å². The molecule has 0 spiro atoms. The van der Waals surface area contributed by atoms with E-state index in [1.54, 1.807) is 0 Å². The molecule has 0 atom stereocenters. The SMILES string of the molecule is c1ccc(-n2c3ccccc3c3ccc(-c4cccc(N(c5ccccc5-c5ccc6oc7ccccc7c6c5)c5ccccc5-c5cccc6cccc(C7CCCCC7)c56)c4)cc32)cc1. The summed E-state index contributed by atoms with van der Waals surface area (Å²) in [4.78, 5) is 2.51. The summed E-state index contributed by atoms with van der Waals surface area (Å²) in [7, 11) is 0. The van der Waals surface area contributed by atoms with Crippen LogP contribution in [0.15, 0.2) is 229 Å². The number of hydrogen-bond acceptors (Lipinski definition) is 2. The highest BCUT2D eigenvalue weighted by Crippen LogP contribution is 2.49. The monoisotopic (exact) mass is 860 g/mol. The molecule has 3 heteroatoms. The molecule has 320 valence electrons. The third kappa shape index (κ3) is 6.72. The first kappa shape index (κ1) is 39.2. The summed E-state index contributed by atoms with van der Waals surface area (Å²) in [6, 6.07) is 82.5. The second-order valence-electron chi connectivity index (χ2n) is 18.2. The minimum absolute atomic E-state index is 0.561. The Morgan fingerprint density at radius 3 is 1.91 bits per heavy atom. The Bertz CT molecular complexity index is 3810. The van der Waals surface area contributed by atoms with Crippen LogP contribution in [0.5, 0.6) is 0 Å². The Balaban J connectivity index is 1.03. The fraction of sp³-hybridized carbons (Fsp3) is 0.0938. The fourth-order valence-corrected chi connectivity index (χ4v) is 11.3. The molecule has 1 saturated carbocycles. The van der Waals surface area contributed by atoms with Gasteiger partial charge in [-0.15, -0.1) is 0 Å². The number of fused-ring (bicyclic) bond motifs is 7. The molecule has 0 N–H and O–H groups in total. The van der Waals surface area contributed by atoms with Gasteiger partial charge in [-0.25, -0.2) is 0 Å². The van der Waals surface area contributed by atoms with E-state index in [1.165, 1.54) is 86.9 Å². The molecule has 2 aromatic heterocycles. The molecule has 13 rings (SSSR count). The van der Waals surface area contributed by atoms with Gasteiger partial charge < -0.3 is 13.9 Å². The summed E-state index contributed by atoms with van der Waals surface area (Å²) < 4.78 is 8.74. The predicted octanol–water partition coefficient (Wildman–Crippen LogP) is 18.4. The average Bonchev–Trinajstić information content (AvgIpc) is 3.94. The van der Waals surface area contributed by atoms with Crippen molar-refractivity contribution in [3.63, 3.8) is 0 Å². The van der Waals surface area contributed by atoms with Gasteiger partial charge in [-0.3, -0.25) is 0 Å². The minimum atomic E-state index is 0.561. The first-order valence-electron chi connectivity index (χ1n) is 23.9. The molecule has 0 unspecified atom stereocenters. The summed E-state index contributed by atoms with van der Waals surface area (Å²) in [6.45, 7) is 0. The van der Waals surface area contributed by atoms with Crippen LogP contribution in [0.3, 0.4) is 0 Å². The molecule has 67 heavy (non-hydrogen) atoms. The molecule has 0 bridgehead atoms. The number of para-hydroxylation sites is 5. The molecule has 1 fully saturated rings. The first-order valence-corrected chi connectivity index (χ1v) is 23.9. The van der Waals surface area contributed by atoms with Crippen molar-refractivity contribution in [2.24, 2.45) is 0 Å². The predicted molar refractivity (Wildman–Crippen MR) is 282 cm³/mol. The Hall–Kier alpha value is -8.14. The second-order valence-corrected chi connectivity index (χ2v) is 18.2. The molecule has 0 aliphatic heterocycles. The van der Waals surface area contributed by atoms with Gasteiger partial charge in [0.05, 0.1) is 22.4 Å². The number of furan rings is 1. The third-order valence-corrected chi connectivity index (χ3v) is 14.4. The van der Waals surface area contributed by atoms with Crippen molar-refractivity contribution in [1.82, 2.24) is 4.57 Å². The number of aromatic nitrogens is 1. The van der Waals surface area contributed by atoms with Crippen LogP contribution in [0.2, 0.25) is 0 Å². The maximum Gasteiger partial charge on any atom is 0.135 e. The Morgan fingerprint density at radius 1 is 0.403 bits per heavy atom. The smallest absolute Gasteiger partial charge is 0.135 e. The van der Waals surface area contributed by atoms with Gasteiger partial charge >= 0.3 is 0 Å². The normalized spacial score (nSPS) is 13.3. The van der Waals surface area contributed by atoms with E-state index in [-0.39, 0.29) is 0 Å². The van der Waals surface area contributed by atoms with Crippen LogP contribution < -0.4 is 4.90 Å². The quantitative estimate of drug-likeness (QED) is 0.152. The first-order chi connectivity index (χ1) is 33.2. The fourth-order valence-electron chi connectivity index (χ4n) is 11.3. The number of benzene rings is 10. The lowest BCUT2D eigenvalue weighted by Gasteiger charge is -2.31. The highest BCUT2D eigenvalue weighted by atomic mass is 16.3. The Labute approximate surface area is 390 Å². The van der Waals surface area contributed by atoms with E-state index in [1.807, 2.05) is 6.07 Å². The number of hydrogen-bond donors (Lipinski definition) is 0. The van der Waals surface area contributed by atoms with E-state index >= 15 is 0 Å². The van der Waals surface area contributed by atoms with Gasteiger partial charge in [-0.1, -0.05) is 177 Å². The number of nitrogens with zero attached hydrogens (tertiary/aromatic N) is 2. The lowest BCUT2D eigenvalue weighted by Crippen LogP contribution is -2.13. The van der Waals surface area contributed by atoms with Crippen LogP contribution >= 0.6 is 0 Å². The zero-order chi connectivity index (χ0) is 44.3. The standard InChI is InChI=1S/C64H48N2O/c1-3-18-43(19-4-1)51-30-16-20-44-21-17-31-56(64(44)51)53-28-9-13-34-60(53)66(58-32-11-7-26-50(58)47-37-39-63-57(41-47)55-29-10-14-35-62(55)67-63)49-25-15-22-45(40-49)46-36-38-54-52-27-8-12-33-59(52)65(61(54)42-46)48-23-5-2-6-24-48/h2,5-17,20-43H,1,3-4,18-19H2. The zero-order valence-corrected chi connectivity index (χ0v) is 37.3. The summed E-state index contributed by atoms with van der Waals surface area (Å²) in [6.07, 6.45) is 6.41. The largest absolute Gasteiger partial charge is 0.456 e. The minimum Gasteiger partial charge on any atom is -0.456 e. The van der Waals surface area contributed by atoms with E-state index in [2.05, 4.69) is 228 Å². The second kappa shape index (κ2) is 16.4. The van der Waals surface area contributed by atoms with Crippen molar-refractivity contribution in [3.05, 3.63) is 230 Å². The summed E-state index contributed by atoms with van der Waals surface area (Å²) >= 11 is 0. The van der Waals surface area contributed by atoms with Crippen molar-refractivity contribution in [2.75, 3.05) is 4.90 Å². The molecule has 1 aliphatic carbocycles. The molecular weight excluding hydrogens is 813 g/mol. The van der Waals surface area contributed by atoms with Crippen molar-refractivity contribution >= 4 is 71.6 Å². The molecule has 0 saturated heterocycles. The molecular formula is C64H48N2O. The van der Waals surface area contributed by atoms with Gasteiger partial charge in [0.2, 0.25) is 0 Å². The van der Waals surface area contributed by atoms with Crippen LogP contribution in [-0.4, -0.2) is 4.57 Å². The summed E-state index contributed by atoms with van der Waals surface area (Å²) in [5.41, 5.74) is 17.2. The van der Waals surface area contributed by atoms with Gasteiger partial charge in [-0.2, -0.15) is 0 Å². The molecule has 2 heterocycles. The van der Waals surface area contributed by atoms with Crippen molar-refractivity contribution < 1.29 is 4.42 Å². The van der Waals surface area contributed by atoms with Crippen LogP contribution in [-0.2, 0) is 0 Å². The molecule has 3 nitrogen and oxygen atoms in total. The maximum atomic E-state index is 6.33. The van der Waals surface area contributed by atoms with Gasteiger partial charge in [0.1, 0.15) is 11.2 Å². The molecule has 1 aliphatic rings. The van der Waals surface area contributed by atoms with Gasteiger partial charge in [-0.05, 0) is 124 Å². The van der Waals surface area contributed by atoms with Crippen molar-refractivity contribution in [1.29, 1.82) is 0 Å². The maximum absolute atomic E-state index is 6.33. The lowest BCUT2D eigenvalue weighted by molar-refractivity contribution is 0.445. The van der Waals surface area contributed by atoms with Gasteiger partial charge in [0.25, 0.3) is 0 Å². The van der Waals surface area contributed by atoms with Crippen LogP contribution in [0.1, 0.15) is 43.6 Å². The van der Waals surface area contributed by atoms with Gasteiger partial charge in [0, 0.05) is 44.0 Å². The van der Waals surface area contributed by atoms with Crippen LogP contribution in [0, 0.1) is 0 Å². The van der Waals surface area contributed by atoms with E-state index in [9.17, 15) is 0 Å². The number of rotatable bonds is 8. The highest BCUT2D eigenvalue weighted by molar-refractivity contribution is 6.11. The summed E-state index contributed by atoms with van der Waals surface area (Å²) in [5, 5.41) is 7.42. The highest BCUT2D eigenvalue weighted by Gasteiger charge is 2.25. The van der Waals surface area contributed by atoms with E-state index in [4.69, 9.17) is 4.42 Å². The molecule has 0 amide bonds. The summed E-state index contributed by atoms with van der Waals surface area (Å²) in [5.74, 6) is 0.561. The average molecular weight is 861 g/mol. The Kier molecular flexibility index (Phi) is 9.60. The van der Waals surface area contributed by atoms with E-state index < -0.39 is 0 Å². The topological polar surface area (TPSA) is 21.3 Å². The Morgan fingerprint density at radius 2 is 1.04 bits per heavy atom. The van der Waals surface area contributed by atoms with Crippen LogP contribution in [0.4, 0.5) is 17.1 Å². The lowest BCUT2D eigenvalue weighted by atomic mass is 9.80. The van der Waals surface area contributed by atoms with E-state index in [0.717, 1.165) is 61.4 Å². The third-order valence-electron chi connectivity index (χ3n) is 14.4. The van der Waals surface area contributed by atoms with Crippen molar-refractivity contribution in [3.8, 4) is 39.1 Å². The zero-order valence-electron chi connectivity index (χ0n) is 37.3. The molecule has 0 radical (unpaired) electrons.